The number of ether oxygens (including phenoxy) is 3. The third-order valence-electron chi connectivity index (χ3n) is 5.30. The van der Waals surface area contributed by atoms with Crippen molar-refractivity contribution in [3.63, 3.8) is 0 Å². The van der Waals surface area contributed by atoms with Crippen LogP contribution in [0.25, 0.3) is 6.08 Å². The van der Waals surface area contributed by atoms with Crippen molar-refractivity contribution in [3.05, 3.63) is 99.5 Å². The van der Waals surface area contributed by atoms with Gasteiger partial charge in [-0.15, -0.1) is 0 Å². The van der Waals surface area contributed by atoms with Crippen LogP contribution in [0.2, 0.25) is 5.02 Å². The molecule has 1 aliphatic rings. The maximum absolute atomic E-state index is 13.1. The van der Waals surface area contributed by atoms with Crippen LogP contribution in [0.15, 0.2) is 71.4 Å². The highest BCUT2D eigenvalue weighted by Gasteiger charge is 2.24. The predicted octanol–water partition coefficient (Wildman–Crippen LogP) is 6.53. The molecule has 174 valence electrons. The zero-order chi connectivity index (χ0) is 24.2. The van der Waals surface area contributed by atoms with Gasteiger partial charge in [-0.2, -0.15) is 0 Å². The van der Waals surface area contributed by atoms with Crippen molar-refractivity contribution in [2.24, 2.45) is 4.99 Å². The quantitative estimate of drug-likeness (QED) is 0.285. The average Bonchev–Trinajstić information content (AvgIpc) is 3.19. The summed E-state index contributed by atoms with van der Waals surface area (Å²) in [4.78, 5) is 16.8. The molecule has 1 heterocycles. The summed E-state index contributed by atoms with van der Waals surface area (Å²) in [6.07, 6.45) is 1.58. The van der Waals surface area contributed by atoms with Crippen molar-refractivity contribution in [1.29, 1.82) is 0 Å². The number of benzene rings is 3. The second kappa shape index (κ2) is 10.1. The first kappa shape index (κ1) is 23.5. The highest BCUT2D eigenvalue weighted by Crippen LogP contribution is 2.38. The molecule has 7 heteroatoms. The van der Waals surface area contributed by atoms with E-state index in [2.05, 4.69) is 18.8 Å². The molecule has 0 radical (unpaired) electrons. The van der Waals surface area contributed by atoms with Gasteiger partial charge in [0.15, 0.2) is 17.2 Å². The van der Waals surface area contributed by atoms with Crippen molar-refractivity contribution in [2.45, 2.75) is 26.4 Å². The van der Waals surface area contributed by atoms with Crippen LogP contribution in [0.1, 0.15) is 42.0 Å². The molecule has 3 aromatic rings. The van der Waals surface area contributed by atoms with E-state index in [-0.39, 0.29) is 24.0 Å². The van der Waals surface area contributed by atoms with Crippen molar-refractivity contribution in [2.75, 3.05) is 7.11 Å². The molecule has 0 aromatic heterocycles. The van der Waals surface area contributed by atoms with Crippen molar-refractivity contribution >= 4 is 29.5 Å². The number of rotatable bonds is 7. The minimum atomic E-state index is -0.547. The Hall–Kier alpha value is -3.64. The Morgan fingerprint density at radius 1 is 1.09 bits per heavy atom. The lowest BCUT2D eigenvalue weighted by atomic mass is 10.0. The smallest absolute Gasteiger partial charge is 0.363 e. The van der Waals surface area contributed by atoms with Crippen LogP contribution < -0.4 is 9.47 Å². The fourth-order valence-corrected chi connectivity index (χ4v) is 3.67. The van der Waals surface area contributed by atoms with Crippen molar-refractivity contribution < 1.29 is 23.4 Å². The van der Waals surface area contributed by atoms with E-state index >= 15 is 0 Å². The van der Waals surface area contributed by atoms with E-state index in [4.69, 9.17) is 25.8 Å². The topological polar surface area (TPSA) is 57.1 Å². The molecule has 1 aliphatic heterocycles. The van der Waals surface area contributed by atoms with Gasteiger partial charge in [-0.05, 0) is 65.1 Å². The van der Waals surface area contributed by atoms with Gasteiger partial charge >= 0.3 is 5.97 Å². The van der Waals surface area contributed by atoms with Gasteiger partial charge in [0.1, 0.15) is 12.4 Å². The fourth-order valence-electron chi connectivity index (χ4n) is 3.40. The Bertz CT molecular complexity index is 1270. The minimum Gasteiger partial charge on any atom is -0.493 e. The molecule has 0 amide bonds. The zero-order valence-electron chi connectivity index (χ0n) is 19.0. The summed E-state index contributed by atoms with van der Waals surface area (Å²) in [7, 11) is 1.49. The number of carbonyl (C=O) groups excluding carboxylic acids is 1. The van der Waals surface area contributed by atoms with E-state index < -0.39 is 5.97 Å². The van der Waals surface area contributed by atoms with Crippen molar-refractivity contribution in [3.8, 4) is 11.5 Å². The van der Waals surface area contributed by atoms with Crippen LogP contribution in [-0.4, -0.2) is 19.0 Å². The summed E-state index contributed by atoms with van der Waals surface area (Å²) in [5.74, 6) is 0.527. The van der Waals surface area contributed by atoms with Crippen LogP contribution in [-0.2, 0) is 16.1 Å². The van der Waals surface area contributed by atoms with Gasteiger partial charge in [-0.25, -0.2) is 14.2 Å². The van der Waals surface area contributed by atoms with Crippen LogP contribution in [0.3, 0.4) is 0 Å². The monoisotopic (exact) mass is 479 g/mol. The van der Waals surface area contributed by atoms with E-state index in [0.29, 0.717) is 28.0 Å². The molecular formula is C27H23ClFNO4. The summed E-state index contributed by atoms with van der Waals surface area (Å²) in [5.41, 5.74) is 3.45. The maximum atomic E-state index is 13.1. The van der Waals surface area contributed by atoms with E-state index in [1.54, 1.807) is 30.3 Å². The highest BCUT2D eigenvalue weighted by atomic mass is 35.5. The van der Waals surface area contributed by atoms with E-state index in [0.717, 1.165) is 11.1 Å². The van der Waals surface area contributed by atoms with Gasteiger partial charge < -0.3 is 14.2 Å². The molecule has 4 rings (SSSR count). The molecule has 0 saturated carbocycles. The number of halogens is 2. The Kier molecular flexibility index (Phi) is 6.98. The first-order chi connectivity index (χ1) is 16.3. The lowest BCUT2D eigenvalue weighted by molar-refractivity contribution is -0.129. The van der Waals surface area contributed by atoms with E-state index in [1.165, 1.54) is 24.8 Å². The number of cyclic esters (lactones) is 1. The highest BCUT2D eigenvalue weighted by molar-refractivity contribution is 6.32. The Morgan fingerprint density at radius 2 is 1.79 bits per heavy atom. The second-order valence-electron chi connectivity index (χ2n) is 8.06. The minimum absolute atomic E-state index is 0.154. The van der Waals surface area contributed by atoms with Crippen LogP contribution in [0.5, 0.6) is 11.5 Å². The lowest BCUT2D eigenvalue weighted by Crippen LogP contribution is -2.05. The fraction of sp³-hybridized carbons (Fsp3) is 0.185. The number of methoxy groups -OCH3 is 1. The molecule has 0 N–H and O–H groups in total. The number of aliphatic imine (C=N–C) groups is 1. The molecule has 0 saturated heterocycles. The summed E-state index contributed by atoms with van der Waals surface area (Å²) in [6, 6.07) is 17.1. The maximum Gasteiger partial charge on any atom is 0.363 e. The molecule has 0 spiro atoms. The molecule has 0 unspecified atom stereocenters. The molecule has 0 aliphatic carbocycles. The Balaban J connectivity index is 1.56. The van der Waals surface area contributed by atoms with E-state index in [1.807, 2.05) is 24.3 Å². The predicted molar refractivity (Wildman–Crippen MR) is 130 cm³/mol. The molecular weight excluding hydrogens is 457 g/mol. The van der Waals surface area contributed by atoms with Crippen LogP contribution in [0, 0.1) is 5.82 Å². The van der Waals surface area contributed by atoms with E-state index in [9.17, 15) is 9.18 Å². The van der Waals surface area contributed by atoms with Gasteiger partial charge in [-0.1, -0.05) is 49.7 Å². The number of carbonyl (C=O) groups is 1. The van der Waals surface area contributed by atoms with Crippen LogP contribution >= 0.6 is 11.6 Å². The van der Waals surface area contributed by atoms with Gasteiger partial charge in [0.25, 0.3) is 0 Å². The van der Waals surface area contributed by atoms with Gasteiger partial charge in [-0.3, -0.25) is 0 Å². The van der Waals surface area contributed by atoms with Gasteiger partial charge in [0.2, 0.25) is 5.90 Å². The summed E-state index contributed by atoms with van der Waals surface area (Å²) in [6.45, 7) is 4.41. The van der Waals surface area contributed by atoms with Crippen LogP contribution in [0.4, 0.5) is 4.39 Å². The first-order valence-corrected chi connectivity index (χ1v) is 11.1. The Labute approximate surface area is 202 Å². The standard InChI is InChI=1S/C27H23ClFNO4/c1-16(2)19-6-8-20(9-7-19)26-30-23(27(31)34-26)13-18-12-22(28)25(24(14-18)32-3)33-15-17-4-10-21(29)11-5-17/h4-14,16H,15H2,1-3H3/b23-13-. The van der Waals surface area contributed by atoms with Gasteiger partial charge in [0.05, 0.1) is 12.1 Å². The Morgan fingerprint density at radius 3 is 2.44 bits per heavy atom. The molecule has 34 heavy (non-hydrogen) atoms. The summed E-state index contributed by atoms with van der Waals surface area (Å²) in [5, 5.41) is 0.299. The zero-order valence-corrected chi connectivity index (χ0v) is 19.7. The molecule has 5 nitrogen and oxygen atoms in total. The number of hydrogen-bond acceptors (Lipinski definition) is 5. The SMILES string of the molecule is COc1cc(/C=C2\N=C(c3ccc(C(C)C)cc3)OC2=O)cc(Cl)c1OCc1ccc(F)cc1. The molecule has 3 aromatic carbocycles. The number of hydrogen-bond donors (Lipinski definition) is 0. The summed E-state index contributed by atoms with van der Waals surface area (Å²) < 4.78 is 29.7. The largest absolute Gasteiger partial charge is 0.493 e. The number of esters is 1. The summed E-state index contributed by atoms with van der Waals surface area (Å²) >= 11 is 6.45. The average molecular weight is 480 g/mol. The molecule has 0 bridgehead atoms. The second-order valence-corrected chi connectivity index (χ2v) is 8.47. The number of nitrogens with zero attached hydrogens (tertiary/aromatic N) is 1. The van der Waals surface area contributed by atoms with Gasteiger partial charge in [0, 0.05) is 5.56 Å². The molecule has 0 fully saturated rings. The van der Waals surface area contributed by atoms with Crippen molar-refractivity contribution in [1.82, 2.24) is 0 Å². The lowest BCUT2D eigenvalue weighted by Gasteiger charge is -2.13. The first-order valence-electron chi connectivity index (χ1n) is 10.7. The normalized spacial score (nSPS) is 14.4. The molecule has 0 atom stereocenters. The third kappa shape index (κ3) is 5.29. The third-order valence-corrected chi connectivity index (χ3v) is 5.58.